The predicted octanol–water partition coefficient (Wildman–Crippen LogP) is 1.15. The van der Waals surface area contributed by atoms with Crippen LogP contribution in [0.2, 0.25) is 0 Å². The number of benzene rings is 1. The first kappa shape index (κ1) is 14.2. The van der Waals surface area contributed by atoms with Crippen LogP contribution in [0.1, 0.15) is 24.8 Å². The van der Waals surface area contributed by atoms with Gasteiger partial charge in [-0.3, -0.25) is 14.9 Å². The van der Waals surface area contributed by atoms with Crippen LogP contribution in [0.5, 0.6) is 0 Å². The number of carbonyl (C=O) groups excluding carboxylic acids is 3. The minimum absolute atomic E-state index is 0.112. The molecule has 23 heavy (non-hydrogen) atoms. The van der Waals surface area contributed by atoms with Gasteiger partial charge < -0.3 is 9.80 Å². The zero-order valence-electron chi connectivity index (χ0n) is 12.5. The predicted molar refractivity (Wildman–Crippen MR) is 79.4 cm³/mol. The number of amides is 4. The summed E-state index contributed by atoms with van der Waals surface area (Å²) in [7, 11) is 0. The van der Waals surface area contributed by atoms with Gasteiger partial charge in [0, 0.05) is 17.5 Å². The molecule has 1 spiro atoms. The van der Waals surface area contributed by atoms with Crippen LogP contribution in [0.25, 0.3) is 0 Å². The highest BCUT2D eigenvalue weighted by molar-refractivity contribution is 6.05. The lowest BCUT2D eigenvalue weighted by molar-refractivity contribution is -0.120. The molecule has 0 aromatic heterocycles. The van der Waals surface area contributed by atoms with E-state index in [0.717, 1.165) is 19.3 Å². The van der Waals surface area contributed by atoms with Gasteiger partial charge >= 0.3 is 6.03 Å². The van der Waals surface area contributed by atoms with Gasteiger partial charge in [0.1, 0.15) is 18.9 Å². The number of rotatable bonds is 2. The summed E-state index contributed by atoms with van der Waals surface area (Å²) in [4.78, 5) is 38.2. The van der Waals surface area contributed by atoms with Gasteiger partial charge in [0.05, 0.1) is 5.69 Å². The minimum atomic E-state index is -0.555. The Morgan fingerprint density at radius 3 is 2.70 bits per heavy atom. The lowest BCUT2D eigenvalue weighted by Crippen LogP contribution is -2.45. The number of imide groups is 1. The molecule has 4 amide bonds. The van der Waals surface area contributed by atoms with Crippen molar-refractivity contribution in [3.05, 3.63) is 29.6 Å². The average molecular weight is 317 g/mol. The molecule has 7 heteroatoms. The second kappa shape index (κ2) is 4.78. The number of nitrogens with zero attached hydrogens (tertiary/aromatic N) is 2. The number of fused-ring (bicyclic) bond motifs is 2. The second-order valence-corrected chi connectivity index (χ2v) is 6.46. The first-order valence-electron chi connectivity index (χ1n) is 7.68. The largest absolute Gasteiger partial charge is 0.325 e. The maximum absolute atomic E-state index is 14.3. The van der Waals surface area contributed by atoms with E-state index in [4.69, 9.17) is 0 Å². The van der Waals surface area contributed by atoms with Crippen molar-refractivity contribution in [1.82, 2.24) is 10.2 Å². The van der Waals surface area contributed by atoms with E-state index in [1.54, 1.807) is 17.0 Å². The average Bonchev–Trinajstić information content (AvgIpc) is 2.97. The molecule has 1 aromatic carbocycles. The molecule has 0 unspecified atom stereocenters. The Labute approximate surface area is 132 Å². The molecule has 3 aliphatic rings. The van der Waals surface area contributed by atoms with Crippen LogP contribution >= 0.6 is 0 Å². The number of halogens is 1. The Morgan fingerprint density at radius 2 is 2.09 bits per heavy atom. The molecule has 0 atom stereocenters. The molecule has 1 saturated carbocycles. The van der Waals surface area contributed by atoms with Crippen molar-refractivity contribution in [3.63, 3.8) is 0 Å². The third-order valence-corrected chi connectivity index (χ3v) is 5.08. The lowest BCUT2D eigenvalue weighted by Gasteiger charge is -2.39. The monoisotopic (exact) mass is 317 g/mol. The molecule has 0 radical (unpaired) electrons. The summed E-state index contributed by atoms with van der Waals surface area (Å²) >= 11 is 0. The number of hydrogen-bond donors (Lipinski definition) is 1. The summed E-state index contributed by atoms with van der Waals surface area (Å²) in [6.07, 6.45) is 2.76. The van der Waals surface area contributed by atoms with Crippen LogP contribution in [0.3, 0.4) is 0 Å². The standard InChI is InChI=1S/C16H16FN3O3/c17-10-3-1-4-11-14(10)16(5-2-6-16)9-20(11)13(22)8-19-7-12(21)18-15(19)23/h1,3-4H,2,5-9H2,(H,18,21,23). The molecule has 2 fully saturated rings. The summed E-state index contributed by atoms with van der Waals surface area (Å²) in [5.74, 6) is -0.969. The van der Waals surface area contributed by atoms with Gasteiger partial charge in [-0.05, 0) is 25.0 Å². The topological polar surface area (TPSA) is 69.7 Å². The highest BCUT2D eigenvalue weighted by Gasteiger charge is 2.50. The van der Waals surface area contributed by atoms with E-state index in [1.807, 2.05) is 0 Å². The summed E-state index contributed by atoms with van der Waals surface area (Å²) in [6, 6.07) is 4.22. The molecule has 1 aliphatic carbocycles. The van der Waals surface area contributed by atoms with Gasteiger partial charge in [0.2, 0.25) is 11.8 Å². The lowest BCUT2D eigenvalue weighted by atomic mass is 9.65. The molecule has 1 N–H and O–H groups in total. The molecule has 4 rings (SSSR count). The summed E-state index contributed by atoms with van der Waals surface area (Å²) in [6.45, 7) is 0.161. The highest BCUT2D eigenvalue weighted by atomic mass is 19.1. The molecule has 0 bridgehead atoms. The fraction of sp³-hybridized carbons (Fsp3) is 0.438. The van der Waals surface area contributed by atoms with E-state index in [9.17, 15) is 18.8 Å². The first-order chi connectivity index (χ1) is 11.0. The number of hydrogen-bond acceptors (Lipinski definition) is 3. The van der Waals surface area contributed by atoms with Gasteiger partial charge in [-0.15, -0.1) is 0 Å². The summed E-state index contributed by atoms with van der Waals surface area (Å²) < 4.78 is 14.3. The zero-order chi connectivity index (χ0) is 16.2. The van der Waals surface area contributed by atoms with E-state index in [1.165, 1.54) is 11.0 Å². The summed E-state index contributed by atoms with van der Waals surface area (Å²) in [5, 5.41) is 2.15. The summed E-state index contributed by atoms with van der Waals surface area (Å²) in [5.41, 5.74) is 0.946. The SMILES string of the molecule is O=C1CN(CC(=O)N2CC3(CCC3)c3c(F)cccc32)C(=O)N1. The Balaban J connectivity index is 1.61. The van der Waals surface area contributed by atoms with E-state index >= 15 is 0 Å². The highest BCUT2D eigenvalue weighted by Crippen LogP contribution is 2.53. The van der Waals surface area contributed by atoms with Crippen LogP contribution in [0.15, 0.2) is 18.2 Å². The first-order valence-corrected chi connectivity index (χ1v) is 7.68. The van der Waals surface area contributed by atoms with Crippen molar-refractivity contribution in [2.75, 3.05) is 24.5 Å². The van der Waals surface area contributed by atoms with Crippen molar-refractivity contribution in [1.29, 1.82) is 0 Å². The normalized spacial score (nSPS) is 21.4. The number of anilines is 1. The van der Waals surface area contributed by atoms with Crippen LogP contribution in [0, 0.1) is 5.82 Å². The Hall–Kier alpha value is -2.44. The van der Waals surface area contributed by atoms with Gasteiger partial charge in [-0.2, -0.15) is 0 Å². The molecule has 1 saturated heterocycles. The van der Waals surface area contributed by atoms with Crippen molar-refractivity contribution >= 4 is 23.5 Å². The zero-order valence-corrected chi connectivity index (χ0v) is 12.5. The van der Waals surface area contributed by atoms with Gasteiger partial charge in [-0.25, -0.2) is 9.18 Å². The molecule has 1 aromatic rings. The van der Waals surface area contributed by atoms with Crippen molar-refractivity contribution in [2.45, 2.75) is 24.7 Å². The van der Waals surface area contributed by atoms with Crippen molar-refractivity contribution in [2.24, 2.45) is 0 Å². The minimum Gasteiger partial charge on any atom is -0.310 e. The Bertz CT molecular complexity index is 729. The maximum Gasteiger partial charge on any atom is 0.325 e. The Kier molecular flexibility index (Phi) is 2.94. The molecular formula is C16H16FN3O3. The molecule has 6 nitrogen and oxygen atoms in total. The van der Waals surface area contributed by atoms with Crippen molar-refractivity contribution in [3.8, 4) is 0 Å². The number of carbonyl (C=O) groups is 3. The van der Waals surface area contributed by atoms with Crippen LogP contribution in [-0.4, -0.2) is 42.4 Å². The molecule has 120 valence electrons. The second-order valence-electron chi connectivity index (χ2n) is 6.46. The fourth-order valence-corrected chi connectivity index (χ4v) is 3.82. The number of nitrogens with one attached hydrogen (secondary N) is 1. The van der Waals surface area contributed by atoms with Gasteiger partial charge in [0.25, 0.3) is 0 Å². The third kappa shape index (κ3) is 2.03. The van der Waals surface area contributed by atoms with E-state index in [2.05, 4.69) is 5.32 Å². The smallest absolute Gasteiger partial charge is 0.310 e. The van der Waals surface area contributed by atoms with Crippen LogP contribution in [0.4, 0.5) is 14.9 Å². The van der Waals surface area contributed by atoms with E-state index < -0.39 is 11.9 Å². The fourth-order valence-electron chi connectivity index (χ4n) is 3.82. The van der Waals surface area contributed by atoms with E-state index in [0.29, 0.717) is 17.8 Å². The van der Waals surface area contributed by atoms with Crippen LogP contribution < -0.4 is 10.2 Å². The van der Waals surface area contributed by atoms with E-state index in [-0.39, 0.29) is 30.2 Å². The molecular weight excluding hydrogens is 301 g/mol. The number of urea groups is 1. The van der Waals surface area contributed by atoms with Gasteiger partial charge in [0.15, 0.2) is 0 Å². The maximum atomic E-state index is 14.3. The van der Waals surface area contributed by atoms with Gasteiger partial charge in [-0.1, -0.05) is 12.5 Å². The van der Waals surface area contributed by atoms with Crippen LogP contribution in [-0.2, 0) is 15.0 Å². The molecule has 2 aliphatic heterocycles. The Morgan fingerprint density at radius 1 is 1.30 bits per heavy atom. The van der Waals surface area contributed by atoms with Crippen molar-refractivity contribution < 1.29 is 18.8 Å². The quantitative estimate of drug-likeness (QED) is 0.832. The third-order valence-electron chi connectivity index (χ3n) is 5.08. The molecule has 2 heterocycles.